The van der Waals surface area contributed by atoms with Crippen LogP contribution in [0.3, 0.4) is 0 Å². The van der Waals surface area contributed by atoms with Gasteiger partial charge in [-0.3, -0.25) is 4.79 Å². The number of nitrogens with one attached hydrogen (secondary N) is 2. The van der Waals surface area contributed by atoms with Gasteiger partial charge >= 0.3 is 5.97 Å². The number of aliphatic carboxylic acids is 1. The summed E-state index contributed by atoms with van der Waals surface area (Å²) in [6, 6.07) is 3.00. The van der Waals surface area contributed by atoms with Crippen molar-refractivity contribution in [1.82, 2.24) is 15.5 Å². The molecule has 1 unspecified atom stereocenters. The molecule has 3 N–H and O–H groups in total. The molecular formula is C11H16N4O3. The van der Waals surface area contributed by atoms with Crippen molar-refractivity contribution in [2.75, 3.05) is 12.4 Å². The quantitative estimate of drug-likeness (QED) is 0.705. The molecular weight excluding hydrogens is 236 g/mol. The first-order chi connectivity index (χ1) is 8.42. The molecule has 0 radical (unpaired) electrons. The predicted molar refractivity (Wildman–Crippen MR) is 65.4 cm³/mol. The lowest BCUT2D eigenvalue weighted by atomic mass is 9.99. The molecule has 0 aliphatic rings. The fourth-order valence-corrected chi connectivity index (χ4v) is 1.22. The fourth-order valence-electron chi connectivity index (χ4n) is 1.22. The Labute approximate surface area is 105 Å². The number of carbonyl (C=O) groups is 2. The summed E-state index contributed by atoms with van der Waals surface area (Å²) in [6.45, 7) is 3.32. The highest BCUT2D eigenvalue weighted by Gasteiger charge is 2.31. The van der Waals surface area contributed by atoms with Crippen LogP contribution in [0, 0.1) is 0 Å². The van der Waals surface area contributed by atoms with Crippen LogP contribution in [0.5, 0.6) is 0 Å². The first kappa shape index (κ1) is 13.9. The minimum absolute atomic E-state index is 0.177. The maximum atomic E-state index is 11.2. The lowest BCUT2D eigenvalue weighted by Crippen LogP contribution is -2.43. The van der Waals surface area contributed by atoms with Crippen molar-refractivity contribution in [3.05, 3.63) is 17.8 Å². The van der Waals surface area contributed by atoms with E-state index in [2.05, 4.69) is 20.8 Å². The molecule has 1 aromatic rings. The molecule has 98 valence electrons. The Morgan fingerprint density at radius 1 is 1.39 bits per heavy atom. The van der Waals surface area contributed by atoms with Gasteiger partial charge in [-0.1, -0.05) is 6.92 Å². The molecule has 1 aromatic heterocycles. The first-order valence-electron chi connectivity index (χ1n) is 5.50. The molecule has 0 bridgehead atoms. The van der Waals surface area contributed by atoms with Crippen LogP contribution < -0.4 is 10.6 Å². The van der Waals surface area contributed by atoms with Gasteiger partial charge in [-0.15, -0.1) is 10.2 Å². The monoisotopic (exact) mass is 252 g/mol. The van der Waals surface area contributed by atoms with E-state index in [0.717, 1.165) is 0 Å². The topological polar surface area (TPSA) is 104 Å². The Morgan fingerprint density at radius 3 is 2.44 bits per heavy atom. The SMILES string of the molecule is CCC(C)(Nc1ccc(C(=O)NC)nn1)C(=O)O. The van der Waals surface area contributed by atoms with Crippen molar-refractivity contribution in [2.24, 2.45) is 0 Å². The number of aromatic nitrogens is 2. The molecule has 0 fully saturated rings. The smallest absolute Gasteiger partial charge is 0.329 e. The molecule has 0 aliphatic carbocycles. The van der Waals surface area contributed by atoms with E-state index in [1.165, 1.54) is 19.2 Å². The van der Waals surface area contributed by atoms with Crippen LogP contribution in [0.4, 0.5) is 5.82 Å². The lowest BCUT2D eigenvalue weighted by Gasteiger charge is -2.24. The Morgan fingerprint density at radius 2 is 2.06 bits per heavy atom. The van der Waals surface area contributed by atoms with Crippen LogP contribution in [0.25, 0.3) is 0 Å². The summed E-state index contributed by atoms with van der Waals surface area (Å²) in [5.41, 5.74) is -0.931. The number of nitrogens with zero attached hydrogens (tertiary/aromatic N) is 2. The molecule has 1 heterocycles. The summed E-state index contributed by atoms with van der Waals surface area (Å²) in [5, 5.41) is 21.8. The van der Waals surface area contributed by atoms with Crippen LogP contribution in [0.15, 0.2) is 12.1 Å². The van der Waals surface area contributed by atoms with Crippen LogP contribution in [0.1, 0.15) is 30.8 Å². The average Bonchev–Trinajstić information content (AvgIpc) is 2.38. The Balaban J connectivity index is 2.87. The number of carboxylic acids is 1. The molecule has 0 saturated carbocycles. The third-order valence-electron chi connectivity index (χ3n) is 2.71. The number of amides is 1. The zero-order valence-corrected chi connectivity index (χ0v) is 10.5. The molecule has 18 heavy (non-hydrogen) atoms. The highest BCUT2D eigenvalue weighted by molar-refractivity contribution is 5.92. The summed E-state index contributed by atoms with van der Waals surface area (Å²) < 4.78 is 0. The van der Waals surface area contributed by atoms with E-state index >= 15 is 0 Å². The molecule has 0 saturated heterocycles. The number of rotatable bonds is 5. The summed E-state index contributed by atoms with van der Waals surface area (Å²) in [6.07, 6.45) is 0.390. The van der Waals surface area contributed by atoms with E-state index in [-0.39, 0.29) is 11.6 Å². The van der Waals surface area contributed by atoms with E-state index < -0.39 is 11.5 Å². The second-order valence-corrected chi connectivity index (χ2v) is 4.00. The van der Waals surface area contributed by atoms with Crippen LogP contribution in [-0.4, -0.2) is 39.8 Å². The Kier molecular flexibility index (Phi) is 4.19. The van der Waals surface area contributed by atoms with Crippen molar-refractivity contribution in [2.45, 2.75) is 25.8 Å². The Bertz CT molecular complexity index is 446. The van der Waals surface area contributed by atoms with Gasteiger partial charge in [0.05, 0.1) is 0 Å². The summed E-state index contributed by atoms with van der Waals surface area (Å²) >= 11 is 0. The van der Waals surface area contributed by atoms with Gasteiger partial charge in [-0.05, 0) is 25.5 Å². The van der Waals surface area contributed by atoms with Gasteiger partial charge in [0.1, 0.15) is 11.4 Å². The number of hydrogen-bond acceptors (Lipinski definition) is 5. The standard InChI is InChI=1S/C11H16N4O3/c1-4-11(2,10(17)18)13-8-6-5-7(14-15-8)9(16)12-3/h5-6H,4H2,1-3H3,(H,12,16)(H,13,15)(H,17,18). The molecule has 1 amide bonds. The second-order valence-electron chi connectivity index (χ2n) is 4.00. The van der Waals surface area contributed by atoms with Crippen molar-refractivity contribution in [3.63, 3.8) is 0 Å². The van der Waals surface area contributed by atoms with Gasteiger partial charge in [-0.2, -0.15) is 0 Å². The minimum Gasteiger partial charge on any atom is -0.480 e. The number of hydrogen-bond donors (Lipinski definition) is 3. The average molecular weight is 252 g/mol. The van der Waals surface area contributed by atoms with E-state index in [4.69, 9.17) is 5.11 Å². The van der Waals surface area contributed by atoms with E-state index in [0.29, 0.717) is 12.2 Å². The van der Waals surface area contributed by atoms with Gasteiger partial charge in [0.2, 0.25) is 0 Å². The predicted octanol–water partition coefficient (Wildman–Crippen LogP) is 0.501. The molecule has 0 spiro atoms. The van der Waals surface area contributed by atoms with Crippen molar-refractivity contribution in [3.8, 4) is 0 Å². The molecule has 0 aliphatic heterocycles. The Hall–Kier alpha value is -2.18. The number of carbonyl (C=O) groups excluding carboxylic acids is 1. The van der Waals surface area contributed by atoms with Gasteiger partial charge in [-0.25, -0.2) is 4.79 Å². The number of carboxylic acid groups (broad SMARTS) is 1. The van der Waals surface area contributed by atoms with Crippen LogP contribution in [-0.2, 0) is 4.79 Å². The fraction of sp³-hybridized carbons (Fsp3) is 0.455. The third-order valence-corrected chi connectivity index (χ3v) is 2.71. The lowest BCUT2D eigenvalue weighted by molar-refractivity contribution is -0.141. The van der Waals surface area contributed by atoms with E-state index in [9.17, 15) is 9.59 Å². The summed E-state index contributed by atoms with van der Waals surface area (Å²) in [7, 11) is 1.49. The van der Waals surface area contributed by atoms with Crippen LogP contribution in [0.2, 0.25) is 0 Å². The van der Waals surface area contributed by atoms with Gasteiger partial charge in [0.15, 0.2) is 5.69 Å². The number of anilines is 1. The molecule has 7 nitrogen and oxygen atoms in total. The van der Waals surface area contributed by atoms with Crippen molar-refractivity contribution in [1.29, 1.82) is 0 Å². The molecule has 1 rings (SSSR count). The molecule has 0 aromatic carbocycles. The van der Waals surface area contributed by atoms with Gasteiger partial charge < -0.3 is 15.7 Å². The van der Waals surface area contributed by atoms with E-state index in [1.807, 2.05) is 0 Å². The first-order valence-corrected chi connectivity index (χ1v) is 5.50. The highest BCUT2D eigenvalue weighted by Crippen LogP contribution is 2.16. The normalized spacial score (nSPS) is 13.5. The second kappa shape index (κ2) is 5.44. The molecule has 1 atom stereocenters. The summed E-state index contributed by atoms with van der Waals surface area (Å²) in [5.74, 6) is -0.998. The van der Waals surface area contributed by atoms with Crippen LogP contribution >= 0.6 is 0 Å². The summed E-state index contributed by atoms with van der Waals surface area (Å²) in [4.78, 5) is 22.3. The largest absolute Gasteiger partial charge is 0.480 e. The van der Waals surface area contributed by atoms with Crippen molar-refractivity contribution < 1.29 is 14.7 Å². The maximum Gasteiger partial charge on any atom is 0.329 e. The van der Waals surface area contributed by atoms with E-state index in [1.54, 1.807) is 13.8 Å². The minimum atomic E-state index is -1.11. The van der Waals surface area contributed by atoms with Gasteiger partial charge in [0.25, 0.3) is 5.91 Å². The maximum absolute atomic E-state index is 11.2. The zero-order valence-electron chi connectivity index (χ0n) is 10.5. The van der Waals surface area contributed by atoms with Crippen molar-refractivity contribution >= 4 is 17.7 Å². The highest BCUT2D eigenvalue weighted by atomic mass is 16.4. The molecule has 7 heteroatoms. The zero-order chi connectivity index (χ0) is 13.8. The third kappa shape index (κ3) is 2.93. The van der Waals surface area contributed by atoms with Gasteiger partial charge in [0, 0.05) is 7.05 Å².